The van der Waals surface area contributed by atoms with Crippen LogP contribution in [0.5, 0.6) is 0 Å². The summed E-state index contributed by atoms with van der Waals surface area (Å²) in [5.74, 6) is 0.629. The van der Waals surface area contributed by atoms with E-state index in [0.717, 1.165) is 20.7 Å². The van der Waals surface area contributed by atoms with Gasteiger partial charge in [0.2, 0.25) is 0 Å². The van der Waals surface area contributed by atoms with E-state index >= 15 is 0 Å². The molecular formula is C13H12BrNO2S2. The van der Waals surface area contributed by atoms with E-state index in [9.17, 15) is 8.42 Å². The van der Waals surface area contributed by atoms with Crippen LogP contribution in [0.2, 0.25) is 0 Å². The van der Waals surface area contributed by atoms with Crippen molar-refractivity contribution in [3.05, 3.63) is 39.1 Å². The molecule has 3 nitrogen and oxygen atoms in total. The van der Waals surface area contributed by atoms with Gasteiger partial charge in [0.1, 0.15) is 0 Å². The summed E-state index contributed by atoms with van der Waals surface area (Å²) in [4.78, 5) is 4.60. The van der Waals surface area contributed by atoms with Gasteiger partial charge in [0, 0.05) is 21.3 Å². The van der Waals surface area contributed by atoms with Gasteiger partial charge in [-0.1, -0.05) is 28.1 Å². The van der Waals surface area contributed by atoms with Crippen molar-refractivity contribution < 1.29 is 8.42 Å². The number of halogens is 1. The zero-order chi connectivity index (χ0) is 13.5. The van der Waals surface area contributed by atoms with E-state index in [-0.39, 0.29) is 11.7 Å². The summed E-state index contributed by atoms with van der Waals surface area (Å²) >= 11 is 4.96. The molecule has 1 fully saturated rings. The van der Waals surface area contributed by atoms with Crippen LogP contribution in [0.25, 0.3) is 11.3 Å². The first kappa shape index (κ1) is 13.3. The molecule has 0 N–H and O–H groups in total. The molecule has 1 aliphatic rings. The van der Waals surface area contributed by atoms with Gasteiger partial charge in [0.15, 0.2) is 9.84 Å². The molecule has 1 aromatic carbocycles. The molecular weight excluding hydrogens is 346 g/mol. The predicted molar refractivity (Wildman–Crippen MR) is 81.3 cm³/mol. The van der Waals surface area contributed by atoms with Crippen LogP contribution in [0.1, 0.15) is 17.3 Å². The van der Waals surface area contributed by atoms with Crippen LogP contribution in [0.3, 0.4) is 0 Å². The van der Waals surface area contributed by atoms with Crippen LogP contribution >= 0.6 is 27.3 Å². The van der Waals surface area contributed by atoms with Gasteiger partial charge in [0.25, 0.3) is 0 Å². The predicted octanol–water partition coefficient (Wildman–Crippen LogP) is 3.47. The molecule has 100 valence electrons. The minimum absolute atomic E-state index is 0.0826. The molecule has 1 atom stereocenters. The van der Waals surface area contributed by atoms with E-state index in [0.29, 0.717) is 12.2 Å². The molecule has 1 aromatic heterocycles. The maximum absolute atomic E-state index is 11.5. The fourth-order valence-corrected chi connectivity index (χ4v) is 5.30. The van der Waals surface area contributed by atoms with Crippen molar-refractivity contribution in [3.63, 3.8) is 0 Å². The summed E-state index contributed by atoms with van der Waals surface area (Å²) in [6.45, 7) is 0. The van der Waals surface area contributed by atoms with Gasteiger partial charge in [-0.25, -0.2) is 13.4 Å². The number of sulfone groups is 1. The van der Waals surface area contributed by atoms with Crippen molar-refractivity contribution in [2.45, 2.75) is 12.3 Å². The standard InChI is InChI=1S/C13H12BrNO2S2/c14-11-3-1-9(2-4-11)12-7-18-13(15-12)10-5-6-19(16,17)8-10/h1-4,7,10H,5-6,8H2. The lowest BCUT2D eigenvalue weighted by Crippen LogP contribution is -2.03. The fraction of sp³-hybridized carbons (Fsp3) is 0.308. The first-order valence-corrected chi connectivity index (χ1v) is 9.45. The quantitative estimate of drug-likeness (QED) is 0.826. The average molecular weight is 358 g/mol. The Balaban J connectivity index is 1.86. The zero-order valence-corrected chi connectivity index (χ0v) is 13.3. The van der Waals surface area contributed by atoms with E-state index in [1.165, 1.54) is 0 Å². The Labute approximate surface area is 124 Å². The third-order valence-electron chi connectivity index (χ3n) is 3.24. The summed E-state index contributed by atoms with van der Waals surface area (Å²) in [5.41, 5.74) is 1.99. The Kier molecular flexibility index (Phi) is 3.49. The molecule has 0 amide bonds. The monoisotopic (exact) mass is 357 g/mol. The molecule has 1 saturated heterocycles. The van der Waals surface area contributed by atoms with Crippen molar-refractivity contribution in [2.24, 2.45) is 0 Å². The highest BCUT2D eigenvalue weighted by Gasteiger charge is 2.30. The highest BCUT2D eigenvalue weighted by Crippen LogP contribution is 2.33. The highest BCUT2D eigenvalue weighted by molar-refractivity contribution is 9.10. The SMILES string of the molecule is O=S1(=O)CCC(c2nc(-c3ccc(Br)cc3)cs2)C1. The number of nitrogens with zero attached hydrogens (tertiary/aromatic N) is 1. The van der Waals surface area contributed by atoms with Crippen LogP contribution < -0.4 is 0 Å². The van der Waals surface area contributed by atoms with E-state index in [2.05, 4.69) is 20.9 Å². The number of aromatic nitrogens is 1. The van der Waals surface area contributed by atoms with Gasteiger partial charge in [-0.2, -0.15) is 0 Å². The second-order valence-electron chi connectivity index (χ2n) is 4.68. The Morgan fingerprint density at radius 1 is 1.26 bits per heavy atom. The third-order valence-corrected chi connectivity index (χ3v) is 6.55. The number of hydrogen-bond acceptors (Lipinski definition) is 4. The Morgan fingerprint density at radius 3 is 2.63 bits per heavy atom. The molecule has 2 heterocycles. The topological polar surface area (TPSA) is 47.0 Å². The molecule has 0 bridgehead atoms. The second-order valence-corrected chi connectivity index (χ2v) is 8.71. The zero-order valence-electron chi connectivity index (χ0n) is 10.0. The van der Waals surface area contributed by atoms with Gasteiger partial charge >= 0.3 is 0 Å². The maximum Gasteiger partial charge on any atom is 0.151 e. The molecule has 2 aromatic rings. The molecule has 1 unspecified atom stereocenters. The van der Waals surface area contributed by atoms with E-state index in [1.807, 2.05) is 29.6 Å². The van der Waals surface area contributed by atoms with E-state index < -0.39 is 9.84 Å². The van der Waals surface area contributed by atoms with E-state index in [1.54, 1.807) is 11.3 Å². The largest absolute Gasteiger partial charge is 0.241 e. The van der Waals surface area contributed by atoms with Crippen LogP contribution in [0, 0.1) is 0 Å². The molecule has 19 heavy (non-hydrogen) atoms. The highest BCUT2D eigenvalue weighted by atomic mass is 79.9. The Morgan fingerprint density at radius 2 is 2.00 bits per heavy atom. The maximum atomic E-state index is 11.5. The van der Waals surface area contributed by atoms with E-state index in [4.69, 9.17) is 0 Å². The summed E-state index contributed by atoms with van der Waals surface area (Å²) in [6, 6.07) is 7.98. The summed E-state index contributed by atoms with van der Waals surface area (Å²) < 4.78 is 24.0. The van der Waals surface area contributed by atoms with Crippen LogP contribution in [-0.4, -0.2) is 24.9 Å². The van der Waals surface area contributed by atoms with Gasteiger partial charge < -0.3 is 0 Å². The van der Waals surface area contributed by atoms with Crippen LogP contribution in [-0.2, 0) is 9.84 Å². The minimum atomic E-state index is -2.84. The molecule has 0 saturated carbocycles. The average Bonchev–Trinajstić information content (AvgIpc) is 2.96. The number of rotatable bonds is 2. The smallest absolute Gasteiger partial charge is 0.151 e. The minimum Gasteiger partial charge on any atom is -0.241 e. The molecule has 3 rings (SSSR count). The van der Waals surface area contributed by atoms with Crippen molar-refractivity contribution in [2.75, 3.05) is 11.5 Å². The third kappa shape index (κ3) is 2.90. The molecule has 0 radical (unpaired) electrons. The fourth-order valence-electron chi connectivity index (χ4n) is 2.22. The lowest BCUT2D eigenvalue weighted by Gasteiger charge is -2.01. The number of thiazole rings is 1. The van der Waals surface area contributed by atoms with Gasteiger partial charge in [-0.3, -0.25) is 0 Å². The molecule has 6 heteroatoms. The van der Waals surface area contributed by atoms with Crippen molar-refractivity contribution in [1.29, 1.82) is 0 Å². The lowest BCUT2D eigenvalue weighted by atomic mass is 10.1. The van der Waals surface area contributed by atoms with Crippen molar-refractivity contribution in [3.8, 4) is 11.3 Å². The van der Waals surface area contributed by atoms with Gasteiger partial charge in [-0.05, 0) is 18.6 Å². The summed E-state index contributed by atoms with van der Waals surface area (Å²) in [5, 5.41) is 2.95. The molecule has 1 aliphatic heterocycles. The Bertz CT molecular complexity index is 692. The molecule has 0 aliphatic carbocycles. The van der Waals surface area contributed by atoms with Crippen molar-refractivity contribution >= 4 is 37.1 Å². The summed E-state index contributed by atoms with van der Waals surface area (Å²) in [6.07, 6.45) is 0.704. The summed E-state index contributed by atoms with van der Waals surface area (Å²) in [7, 11) is -2.84. The first-order chi connectivity index (χ1) is 9.03. The first-order valence-electron chi connectivity index (χ1n) is 5.95. The van der Waals surface area contributed by atoms with Crippen molar-refractivity contribution in [1.82, 2.24) is 4.98 Å². The van der Waals surface area contributed by atoms with Crippen LogP contribution in [0.4, 0.5) is 0 Å². The molecule has 0 spiro atoms. The van der Waals surface area contributed by atoms with Gasteiger partial charge in [0.05, 0.1) is 22.2 Å². The van der Waals surface area contributed by atoms with Gasteiger partial charge in [-0.15, -0.1) is 11.3 Å². The lowest BCUT2D eigenvalue weighted by molar-refractivity contribution is 0.601. The van der Waals surface area contributed by atoms with Crippen LogP contribution in [0.15, 0.2) is 34.1 Å². The normalized spacial score (nSPS) is 21.6. The number of benzene rings is 1. The Hall–Kier alpha value is -0.720. The number of hydrogen-bond donors (Lipinski definition) is 0. The second kappa shape index (κ2) is 5.00.